The average Bonchev–Trinajstić information content (AvgIpc) is 2.92. The molecule has 0 saturated carbocycles. The average molecular weight is 291 g/mol. The van der Waals surface area contributed by atoms with Gasteiger partial charge >= 0.3 is 0 Å². The summed E-state index contributed by atoms with van der Waals surface area (Å²) in [6.07, 6.45) is 1.94. The lowest BCUT2D eigenvalue weighted by atomic mass is 10.2. The number of methoxy groups -OCH3 is 1. The van der Waals surface area contributed by atoms with Gasteiger partial charge in [0.25, 0.3) is 0 Å². The van der Waals surface area contributed by atoms with Gasteiger partial charge in [-0.1, -0.05) is 0 Å². The smallest absolute Gasteiger partial charge is 0.123 e. The molecule has 1 aromatic heterocycles. The Bertz CT molecular complexity index is 522. The number of anilines is 1. The lowest BCUT2D eigenvalue weighted by Crippen LogP contribution is -2.17. The first-order valence-electron chi connectivity index (χ1n) is 6.63. The molecule has 20 heavy (non-hydrogen) atoms. The van der Waals surface area contributed by atoms with E-state index in [-0.39, 0.29) is 0 Å². The summed E-state index contributed by atoms with van der Waals surface area (Å²) < 4.78 is 5.01. The van der Waals surface area contributed by atoms with Crippen LogP contribution in [0.15, 0.2) is 30.5 Å². The summed E-state index contributed by atoms with van der Waals surface area (Å²) in [6.45, 7) is 2.44. The minimum Gasteiger partial charge on any atom is -0.383 e. The Balaban J connectivity index is 1.97. The SMILES string of the molecule is COCCNCc1cnc(-c2ccc(N(C)C)cc2)s1. The van der Waals surface area contributed by atoms with E-state index in [1.165, 1.54) is 16.1 Å². The number of hydrogen-bond donors (Lipinski definition) is 1. The van der Waals surface area contributed by atoms with E-state index >= 15 is 0 Å². The molecule has 4 nitrogen and oxygen atoms in total. The van der Waals surface area contributed by atoms with Crippen molar-refractivity contribution >= 4 is 17.0 Å². The number of rotatable bonds is 7. The monoisotopic (exact) mass is 291 g/mol. The van der Waals surface area contributed by atoms with Gasteiger partial charge in [-0.2, -0.15) is 0 Å². The number of nitrogens with one attached hydrogen (secondary N) is 1. The Kier molecular flexibility index (Phi) is 5.52. The molecule has 0 aliphatic heterocycles. The van der Waals surface area contributed by atoms with Gasteiger partial charge in [0.2, 0.25) is 0 Å². The van der Waals surface area contributed by atoms with Crippen molar-refractivity contribution in [3.8, 4) is 10.6 Å². The summed E-state index contributed by atoms with van der Waals surface area (Å²) in [5.74, 6) is 0. The number of nitrogens with zero attached hydrogens (tertiary/aromatic N) is 2. The molecular weight excluding hydrogens is 270 g/mol. The standard InChI is InChI=1S/C15H21N3OS/c1-18(2)13-6-4-12(5-7-13)15-17-11-14(20-15)10-16-8-9-19-3/h4-7,11,16H,8-10H2,1-3H3. The molecule has 2 rings (SSSR count). The maximum Gasteiger partial charge on any atom is 0.123 e. The Morgan fingerprint density at radius 2 is 2.00 bits per heavy atom. The highest BCUT2D eigenvalue weighted by Gasteiger charge is 2.05. The van der Waals surface area contributed by atoms with Gasteiger partial charge in [0.15, 0.2) is 0 Å². The molecular formula is C15H21N3OS. The summed E-state index contributed by atoms with van der Waals surface area (Å²) in [6, 6.07) is 8.48. The van der Waals surface area contributed by atoms with E-state index in [2.05, 4.69) is 39.5 Å². The molecule has 0 unspecified atom stereocenters. The molecule has 0 bridgehead atoms. The van der Waals surface area contributed by atoms with Crippen molar-refractivity contribution < 1.29 is 4.74 Å². The van der Waals surface area contributed by atoms with Gasteiger partial charge < -0.3 is 15.0 Å². The zero-order valence-electron chi connectivity index (χ0n) is 12.2. The summed E-state index contributed by atoms with van der Waals surface area (Å²) in [7, 11) is 5.80. The lowest BCUT2D eigenvalue weighted by Gasteiger charge is -2.11. The molecule has 0 radical (unpaired) electrons. The fourth-order valence-corrected chi connectivity index (χ4v) is 2.70. The third kappa shape index (κ3) is 4.03. The molecule has 108 valence electrons. The van der Waals surface area contributed by atoms with Crippen LogP contribution < -0.4 is 10.2 Å². The largest absolute Gasteiger partial charge is 0.383 e. The maximum absolute atomic E-state index is 5.01. The van der Waals surface area contributed by atoms with Crippen molar-refractivity contribution in [1.82, 2.24) is 10.3 Å². The van der Waals surface area contributed by atoms with Gasteiger partial charge in [-0.3, -0.25) is 0 Å². The van der Waals surface area contributed by atoms with Crippen molar-refractivity contribution in [1.29, 1.82) is 0 Å². The molecule has 0 atom stereocenters. The van der Waals surface area contributed by atoms with Crippen molar-refractivity contribution in [3.05, 3.63) is 35.3 Å². The van der Waals surface area contributed by atoms with E-state index in [0.29, 0.717) is 0 Å². The normalized spacial score (nSPS) is 10.8. The Labute approximate surface area is 124 Å². The topological polar surface area (TPSA) is 37.4 Å². The highest BCUT2D eigenvalue weighted by Crippen LogP contribution is 2.26. The fraction of sp³-hybridized carbons (Fsp3) is 0.400. The molecule has 0 fully saturated rings. The van der Waals surface area contributed by atoms with E-state index in [4.69, 9.17) is 4.74 Å². The van der Waals surface area contributed by atoms with Crippen LogP contribution in [0.4, 0.5) is 5.69 Å². The third-order valence-corrected chi connectivity index (χ3v) is 4.01. The Morgan fingerprint density at radius 3 is 2.65 bits per heavy atom. The zero-order valence-corrected chi connectivity index (χ0v) is 13.0. The highest BCUT2D eigenvalue weighted by molar-refractivity contribution is 7.15. The van der Waals surface area contributed by atoms with Crippen LogP contribution in [0.25, 0.3) is 10.6 Å². The number of hydrogen-bond acceptors (Lipinski definition) is 5. The van der Waals surface area contributed by atoms with Gasteiger partial charge in [0, 0.05) is 56.6 Å². The van der Waals surface area contributed by atoms with Crippen molar-refractivity contribution in [2.45, 2.75) is 6.54 Å². The van der Waals surface area contributed by atoms with Crippen LogP contribution in [0.3, 0.4) is 0 Å². The molecule has 1 N–H and O–H groups in total. The second kappa shape index (κ2) is 7.38. The molecule has 0 aliphatic rings. The van der Waals surface area contributed by atoms with Crippen LogP contribution in [0.5, 0.6) is 0 Å². The zero-order chi connectivity index (χ0) is 14.4. The molecule has 0 aliphatic carbocycles. The summed E-state index contributed by atoms with van der Waals surface area (Å²) in [5, 5.41) is 4.40. The highest BCUT2D eigenvalue weighted by atomic mass is 32.1. The maximum atomic E-state index is 5.01. The van der Waals surface area contributed by atoms with Gasteiger partial charge in [0.1, 0.15) is 5.01 Å². The number of thiazole rings is 1. The van der Waals surface area contributed by atoms with Gasteiger partial charge in [-0.05, 0) is 24.3 Å². The van der Waals surface area contributed by atoms with E-state index < -0.39 is 0 Å². The summed E-state index contributed by atoms with van der Waals surface area (Å²) in [4.78, 5) is 7.83. The van der Waals surface area contributed by atoms with Crippen molar-refractivity contribution in [2.24, 2.45) is 0 Å². The van der Waals surface area contributed by atoms with Crippen molar-refractivity contribution in [2.75, 3.05) is 39.3 Å². The molecule has 2 aromatic rings. The quantitative estimate of drug-likeness (QED) is 0.796. The van der Waals surface area contributed by atoms with E-state index in [1.54, 1.807) is 18.4 Å². The van der Waals surface area contributed by atoms with Crippen LogP contribution in [0, 0.1) is 0 Å². The van der Waals surface area contributed by atoms with Gasteiger partial charge in [-0.25, -0.2) is 4.98 Å². The van der Waals surface area contributed by atoms with Crippen LogP contribution in [-0.2, 0) is 11.3 Å². The van der Waals surface area contributed by atoms with E-state index in [9.17, 15) is 0 Å². The van der Waals surface area contributed by atoms with Crippen LogP contribution in [0.1, 0.15) is 4.88 Å². The van der Waals surface area contributed by atoms with Crippen LogP contribution >= 0.6 is 11.3 Å². The fourth-order valence-electron chi connectivity index (χ4n) is 1.81. The lowest BCUT2D eigenvalue weighted by molar-refractivity contribution is 0.199. The third-order valence-electron chi connectivity index (χ3n) is 2.97. The Hall–Kier alpha value is -1.43. The molecule has 1 aromatic carbocycles. The first-order chi connectivity index (χ1) is 9.70. The summed E-state index contributed by atoms with van der Waals surface area (Å²) >= 11 is 1.73. The second-order valence-electron chi connectivity index (χ2n) is 4.74. The number of ether oxygens (including phenoxy) is 1. The van der Waals surface area contributed by atoms with Crippen LogP contribution in [-0.4, -0.2) is 39.3 Å². The molecule has 0 saturated heterocycles. The minimum absolute atomic E-state index is 0.734. The van der Waals surface area contributed by atoms with Gasteiger partial charge in [0.05, 0.1) is 6.61 Å². The van der Waals surface area contributed by atoms with Crippen molar-refractivity contribution in [3.63, 3.8) is 0 Å². The second-order valence-corrected chi connectivity index (χ2v) is 5.86. The molecule has 0 spiro atoms. The predicted molar refractivity (Wildman–Crippen MR) is 85.5 cm³/mol. The Morgan fingerprint density at radius 1 is 1.25 bits per heavy atom. The van der Waals surface area contributed by atoms with E-state index in [0.717, 1.165) is 24.7 Å². The minimum atomic E-state index is 0.734. The summed E-state index contributed by atoms with van der Waals surface area (Å²) in [5.41, 5.74) is 2.37. The number of aromatic nitrogens is 1. The first kappa shape index (κ1) is 15.0. The first-order valence-corrected chi connectivity index (χ1v) is 7.44. The van der Waals surface area contributed by atoms with Gasteiger partial charge in [-0.15, -0.1) is 11.3 Å². The number of benzene rings is 1. The van der Waals surface area contributed by atoms with E-state index in [1.807, 2.05) is 20.3 Å². The molecule has 1 heterocycles. The molecule has 5 heteroatoms. The molecule has 0 amide bonds. The van der Waals surface area contributed by atoms with Crippen LogP contribution in [0.2, 0.25) is 0 Å². The predicted octanol–water partition coefficient (Wildman–Crippen LogP) is 2.61.